The number of aromatic nitrogens is 1. The van der Waals surface area contributed by atoms with Crippen LogP contribution >= 0.6 is 0 Å². The molecule has 1 saturated heterocycles. The van der Waals surface area contributed by atoms with Crippen molar-refractivity contribution in [1.82, 2.24) is 15.0 Å². The average Bonchev–Trinajstić information content (AvgIpc) is 3.49. The lowest BCUT2D eigenvalue weighted by molar-refractivity contribution is -0.135. The van der Waals surface area contributed by atoms with Crippen LogP contribution in [0, 0.1) is 0 Å². The molecule has 1 amide bonds. The lowest BCUT2D eigenvalue weighted by Gasteiger charge is -2.34. The number of carbonyl (C=O) groups excluding carboxylic acids is 2. The third-order valence-corrected chi connectivity index (χ3v) is 7.63. The van der Waals surface area contributed by atoms with Gasteiger partial charge in [-0.25, -0.2) is 0 Å². The number of rotatable bonds is 9. The molecule has 8 heteroatoms. The van der Waals surface area contributed by atoms with E-state index in [1.807, 2.05) is 41.3 Å². The smallest absolute Gasteiger partial charge is 0.260 e. The van der Waals surface area contributed by atoms with Crippen LogP contribution in [0.1, 0.15) is 21.5 Å². The summed E-state index contributed by atoms with van der Waals surface area (Å²) < 4.78 is 16.4. The Bertz CT molecular complexity index is 1620. The minimum Gasteiger partial charge on any atom is -0.497 e. The van der Waals surface area contributed by atoms with Gasteiger partial charge in [0.05, 0.1) is 7.11 Å². The van der Waals surface area contributed by atoms with E-state index in [0.717, 1.165) is 30.8 Å². The number of ketones is 1. The molecule has 3 aromatic carbocycles. The molecule has 1 fully saturated rings. The Kier molecular flexibility index (Phi) is 7.96. The third-order valence-electron chi connectivity index (χ3n) is 7.63. The summed E-state index contributed by atoms with van der Waals surface area (Å²) in [6.45, 7) is 3.95. The first-order chi connectivity index (χ1) is 20.6. The summed E-state index contributed by atoms with van der Waals surface area (Å²) in [5, 5.41) is 4.23. The zero-order chi connectivity index (χ0) is 28.9. The van der Waals surface area contributed by atoms with Gasteiger partial charge in [-0.15, -0.1) is 0 Å². The molecule has 6 rings (SSSR count). The molecule has 0 radical (unpaired) electrons. The van der Waals surface area contributed by atoms with Crippen LogP contribution in [0.2, 0.25) is 0 Å². The Hall–Kier alpha value is -4.95. The molecule has 0 N–H and O–H groups in total. The van der Waals surface area contributed by atoms with Crippen LogP contribution < -0.4 is 9.47 Å². The van der Waals surface area contributed by atoms with E-state index >= 15 is 0 Å². The molecule has 0 bridgehead atoms. The molecule has 0 unspecified atom stereocenters. The SMILES string of the molecule is COc1ccc(C(=O)c2ccc3c(-c4ccc(OCC(=O)N5CCN(Cc6ccccc6)CC5)cc4)nocc2-3)cc1. The highest BCUT2D eigenvalue weighted by atomic mass is 16.5. The topological polar surface area (TPSA) is 85.1 Å². The van der Waals surface area contributed by atoms with E-state index < -0.39 is 0 Å². The maximum absolute atomic E-state index is 13.2. The quantitative estimate of drug-likeness (QED) is 0.223. The predicted octanol–water partition coefficient (Wildman–Crippen LogP) is 5.41. The van der Waals surface area contributed by atoms with Gasteiger partial charge in [0.15, 0.2) is 12.4 Å². The van der Waals surface area contributed by atoms with Gasteiger partial charge in [-0.05, 0) is 60.2 Å². The maximum atomic E-state index is 13.2. The maximum Gasteiger partial charge on any atom is 0.260 e. The molecule has 2 heterocycles. The van der Waals surface area contributed by atoms with Crippen LogP contribution in [0.15, 0.2) is 102 Å². The molecule has 212 valence electrons. The number of amides is 1. The second kappa shape index (κ2) is 12.3. The van der Waals surface area contributed by atoms with Crippen LogP contribution in [0.3, 0.4) is 0 Å². The normalized spacial score (nSPS) is 13.7. The molecule has 0 saturated carbocycles. The van der Waals surface area contributed by atoms with E-state index in [2.05, 4.69) is 34.3 Å². The number of methoxy groups -OCH3 is 1. The van der Waals surface area contributed by atoms with Gasteiger partial charge >= 0.3 is 0 Å². The van der Waals surface area contributed by atoms with Gasteiger partial charge in [-0.2, -0.15) is 0 Å². The Morgan fingerprint density at radius 2 is 1.52 bits per heavy atom. The Morgan fingerprint density at radius 1 is 0.810 bits per heavy atom. The standard InChI is InChI=1S/C34H31N3O5/c1-40-27-11-9-26(10-12-27)34(39)30-16-15-29-31(30)22-42-35-33(29)25-7-13-28(14-8-25)41-23-32(38)37-19-17-36(18-20-37)21-24-5-3-2-4-6-24/h2-16,22H,17-21,23H2,1H3. The molecular weight excluding hydrogens is 530 g/mol. The Balaban J connectivity index is 1.05. The van der Waals surface area contributed by atoms with E-state index in [1.165, 1.54) is 11.8 Å². The van der Waals surface area contributed by atoms with Gasteiger partial charge in [0.1, 0.15) is 23.5 Å². The van der Waals surface area contributed by atoms with Crippen molar-refractivity contribution < 1.29 is 23.6 Å². The fourth-order valence-corrected chi connectivity index (χ4v) is 5.25. The largest absolute Gasteiger partial charge is 0.497 e. The van der Waals surface area contributed by atoms with Gasteiger partial charge < -0.3 is 18.9 Å². The van der Waals surface area contributed by atoms with Crippen molar-refractivity contribution in [3.8, 4) is 33.9 Å². The minimum atomic E-state index is -0.106. The number of fused-ring (bicyclic) bond motifs is 1. The molecule has 3 aromatic rings. The van der Waals surface area contributed by atoms with E-state index in [9.17, 15) is 9.59 Å². The van der Waals surface area contributed by atoms with Crippen molar-refractivity contribution in [3.05, 3.63) is 114 Å². The van der Waals surface area contributed by atoms with Gasteiger partial charge in [0.25, 0.3) is 5.91 Å². The Morgan fingerprint density at radius 3 is 2.24 bits per heavy atom. The highest BCUT2D eigenvalue weighted by Gasteiger charge is 2.23. The molecule has 3 aliphatic rings. The Labute approximate surface area is 244 Å². The van der Waals surface area contributed by atoms with Crippen LogP contribution in [-0.4, -0.2) is 66.5 Å². The highest BCUT2D eigenvalue weighted by Crippen LogP contribution is 2.37. The van der Waals surface area contributed by atoms with Crippen LogP contribution in [0.5, 0.6) is 11.5 Å². The van der Waals surface area contributed by atoms with Crippen molar-refractivity contribution in [3.63, 3.8) is 0 Å². The van der Waals surface area contributed by atoms with Crippen molar-refractivity contribution in [1.29, 1.82) is 0 Å². The molecule has 1 aliphatic carbocycles. The van der Waals surface area contributed by atoms with Crippen LogP contribution in [0.25, 0.3) is 22.4 Å². The molecular formula is C34H31N3O5. The van der Waals surface area contributed by atoms with Crippen molar-refractivity contribution in [2.75, 3.05) is 39.9 Å². The summed E-state index contributed by atoms with van der Waals surface area (Å²) in [6.07, 6.45) is 1.50. The molecule has 0 spiro atoms. The van der Waals surface area contributed by atoms with Gasteiger partial charge in [0.2, 0.25) is 0 Å². The monoisotopic (exact) mass is 561 g/mol. The lowest BCUT2D eigenvalue weighted by Crippen LogP contribution is -2.49. The predicted molar refractivity (Wildman–Crippen MR) is 159 cm³/mol. The van der Waals surface area contributed by atoms with Crippen LogP contribution in [0.4, 0.5) is 0 Å². The first kappa shape index (κ1) is 27.2. The summed E-state index contributed by atoms with van der Waals surface area (Å²) >= 11 is 0. The fourth-order valence-electron chi connectivity index (χ4n) is 5.25. The summed E-state index contributed by atoms with van der Waals surface area (Å²) in [4.78, 5) is 30.2. The second-order valence-electron chi connectivity index (χ2n) is 10.3. The zero-order valence-corrected chi connectivity index (χ0v) is 23.4. The van der Waals surface area contributed by atoms with E-state index in [1.54, 1.807) is 37.4 Å². The molecule has 8 nitrogen and oxygen atoms in total. The lowest BCUT2D eigenvalue weighted by atomic mass is 9.98. The van der Waals surface area contributed by atoms with Crippen LogP contribution in [-0.2, 0) is 11.3 Å². The summed E-state index contributed by atoms with van der Waals surface area (Å²) in [7, 11) is 1.59. The molecule has 0 atom stereocenters. The molecule has 42 heavy (non-hydrogen) atoms. The van der Waals surface area contributed by atoms with Crippen molar-refractivity contribution in [2.45, 2.75) is 6.54 Å². The number of carbonyl (C=O) groups is 2. The first-order valence-electron chi connectivity index (χ1n) is 13.9. The minimum absolute atomic E-state index is 0.0130. The number of hydrogen-bond acceptors (Lipinski definition) is 7. The average molecular weight is 562 g/mol. The fraction of sp³-hybridized carbons (Fsp3) is 0.206. The number of ether oxygens (including phenoxy) is 2. The summed E-state index contributed by atoms with van der Waals surface area (Å²) in [5.41, 5.74) is 5.33. The number of piperazine rings is 1. The third kappa shape index (κ3) is 5.89. The summed E-state index contributed by atoms with van der Waals surface area (Å²) in [5.74, 6) is 1.16. The zero-order valence-electron chi connectivity index (χ0n) is 23.4. The molecule has 2 aliphatic heterocycles. The second-order valence-corrected chi connectivity index (χ2v) is 10.3. The van der Waals surface area contributed by atoms with Crippen molar-refractivity contribution >= 4 is 11.7 Å². The van der Waals surface area contributed by atoms with E-state index in [0.29, 0.717) is 47.0 Å². The highest BCUT2D eigenvalue weighted by molar-refractivity contribution is 6.14. The summed E-state index contributed by atoms with van der Waals surface area (Å²) in [6, 6.07) is 28.4. The van der Waals surface area contributed by atoms with Crippen molar-refractivity contribution in [2.24, 2.45) is 0 Å². The number of hydrogen-bond donors (Lipinski definition) is 0. The number of nitrogens with zero attached hydrogens (tertiary/aromatic N) is 3. The van der Waals surface area contributed by atoms with E-state index in [-0.39, 0.29) is 18.3 Å². The number of benzene rings is 3. The van der Waals surface area contributed by atoms with E-state index in [4.69, 9.17) is 14.0 Å². The first-order valence-corrected chi connectivity index (χ1v) is 13.9. The van der Waals surface area contributed by atoms with Gasteiger partial charge in [-0.3, -0.25) is 14.5 Å². The van der Waals surface area contributed by atoms with Gasteiger partial charge in [-0.1, -0.05) is 41.6 Å². The molecule has 0 aromatic heterocycles. The van der Waals surface area contributed by atoms with Gasteiger partial charge in [0, 0.05) is 60.5 Å².